The minimum absolute atomic E-state index is 0.567. The van der Waals surface area contributed by atoms with E-state index in [-0.39, 0.29) is 0 Å². The Hall–Kier alpha value is -3.15. The highest BCUT2D eigenvalue weighted by atomic mass is 16.5. The van der Waals surface area contributed by atoms with E-state index in [1.807, 2.05) is 42.5 Å². The highest BCUT2D eigenvalue weighted by Crippen LogP contribution is 2.24. The van der Waals surface area contributed by atoms with Crippen molar-refractivity contribution in [3.05, 3.63) is 66.0 Å². The second-order valence-corrected chi connectivity index (χ2v) is 6.93. The average molecular weight is 365 g/mol. The number of aromatic amines is 1. The van der Waals surface area contributed by atoms with Gasteiger partial charge in [0, 0.05) is 6.20 Å². The van der Waals surface area contributed by atoms with E-state index in [0.29, 0.717) is 6.61 Å². The summed E-state index contributed by atoms with van der Waals surface area (Å²) in [5.74, 6) is -0.104. The first-order valence-corrected chi connectivity index (χ1v) is 8.88. The Kier molecular flexibility index (Phi) is 5.54. The molecule has 27 heavy (non-hydrogen) atoms. The predicted octanol–water partition coefficient (Wildman–Crippen LogP) is 3.85. The number of ether oxygens (including phenoxy) is 1. The zero-order valence-electron chi connectivity index (χ0n) is 15.5. The van der Waals surface area contributed by atoms with Crippen LogP contribution >= 0.6 is 0 Å². The van der Waals surface area contributed by atoms with Crippen molar-refractivity contribution in [3.8, 4) is 17.1 Å². The van der Waals surface area contributed by atoms with Crippen LogP contribution in [-0.4, -0.2) is 32.9 Å². The van der Waals surface area contributed by atoms with Crippen molar-refractivity contribution in [3.63, 3.8) is 0 Å². The Balaban J connectivity index is 1.51. The summed E-state index contributed by atoms with van der Waals surface area (Å²) in [5.41, 5.74) is 2.71. The van der Waals surface area contributed by atoms with E-state index in [0.717, 1.165) is 41.1 Å². The van der Waals surface area contributed by atoms with Crippen LogP contribution in [0.5, 0.6) is 5.75 Å². The number of hydrogen-bond donors (Lipinski definition) is 2. The summed E-state index contributed by atoms with van der Waals surface area (Å²) in [7, 11) is 0. The smallest absolute Gasteiger partial charge is 0.313 e. The fourth-order valence-electron chi connectivity index (χ4n) is 2.73. The first kappa shape index (κ1) is 18.6. The number of rotatable bonds is 8. The molecule has 0 fully saturated rings. The molecule has 3 rings (SSSR count). The van der Waals surface area contributed by atoms with E-state index in [9.17, 15) is 9.90 Å². The lowest BCUT2D eigenvalue weighted by Gasteiger charge is -2.20. The Morgan fingerprint density at radius 1 is 1.22 bits per heavy atom. The molecule has 3 aromatic rings. The summed E-state index contributed by atoms with van der Waals surface area (Å²) in [4.78, 5) is 15.8. The topological polar surface area (TPSA) is 88.1 Å². The molecule has 6 nitrogen and oxygen atoms in total. The van der Waals surface area contributed by atoms with Gasteiger partial charge >= 0.3 is 5.97 Å². The summed E-state index contributed by atoms with van der Waals surface area (Å²) in [6.45, 7) is 4.01. The predicted molar refractivity (Wildman–Crippen MR) is 103 cm³/mol. The van der Waals surface area contributed by atoms with Crippen molar-refractivity contribution in [2.24, 2.45) is 0 Å². The summed E-state index contributed by atoms with van der Waals surface area (Å²) < 4.78 is 5.75. The van der Waals surface area contributed by atoms with E-state index in [4.69, 9.17) is 4.74 Å². The van der Waals surface area contributed by atoms with Gasteiger partial charge in [-0.15, -0.1) is 0 Å². The number of aliphatic carboxylic acids is 1. The molecule has 140 valence electrons. The van der Waals surface area contributed by atoms with Gasteiger partial charge in [-0.05, 0) is 56.0 Å². The molecule has 2 heterocycles. The number of aryl methyl sites for hydroxylation is 1. The van der Waals surface area contributed by atoms with Crippen molar-refractivity contribution >= 4 is 5.97 Å². The number of pyridine rings is 1. The second-order valence-electron chi connectivity index (χ2n) is 6.93. The molecule has 0 bridgehead atoms. The third-order valence-electron chi connectivity index (χ3n) is 4.57. The minimum atomic E-state index is -0.894. The van der Waals surface area contributed by atoms with Crippen LogP contribution in [0.2, 0.25) is 0 Å². The van der Waals surface area contributed by atoms with Gasteiger partial charge in [-0.3, -0.25) is 14.9 Å². The number of hydrogen-bond acceptors (Lipinski definition) is 4. The molecule has 0 amide bonds. The third kappa shape index (κ3) is 4.53. The van der Waals surface area contributed by atoms with Crippen LogP contribution in [0, 0.1) is 0 Å². The van der Waals surface area contributed by atoms with E-state index in [1.54, 1.807) is 26.2 Å². The quantitative estimate of drug-likeness (QED) is 0.592. The number of carbonyl (C=O) groups is 1. The third-order valence-corrected chi connectivity index (χ3v) is 4.57. The maximum absolute atomic E-state index is 11.4. The SMILES string of the molecule is CC(C)(C(=O)O)c1cccc(CCCOc2ccc(-c3ccn[nH]3)nc2)c1. The van der Waals surface area contributed by atoms with Crippen molar-refractivity contribution in [2.45, 2.75) is 32.1 Å². The fourth-order valence-corrected chi connectivity index (χ4v) is 2.73. The molecule has 2 N–H and O–H groups in total. The molecule has 1 aromatic carbocycles. The van der Waals surface area contributed by atoms with Crippen LogP contribution in [-0.2, 0) is 16.6 Å². The van der Waals surface area contributed by atoms with Crippen LogP contribution in [0.4, 0.5) is 0 Å². The highest BCUT2D eigenvalue weighted by molar-refractivity contribution is 5.80. The van der Waals surface area contributed by atoms with Gasteiger partial charge in [-0.2, -0.15) is 5.10 Å². The lowest BCUT2D eigenvalue weighted by molar-refractivity contribution is -0.142. The van der Waals surface area contributed by atoms with Gasteiger partial charge in [-0.1, -0.05) is 24.3 Å². The zero-order valence-corrected chi connectivity index (χ0v) is 15.5. The van der Waals surface area contributed by atoms with Crippen LogP contribution < -0.4 is 4.74 Å². The Morgan fingerprint density at radius 2 is 2.07 bits per heavy atom. The molecule has 0 aliphatic carbocycles. The molecule has 0 spiro atoms. The molecule has 0 unspecified atom stereocenters. The molecule has 0 saturated carbocycles. The van der Waals surface area contributed by atoms with Crippen LogP contribution in [0.25, 0.3) is 11.4 Å². The first-order chi connectivity index (χ1) is 13.0. The van der Waals surface area contributed by atoms with Gasteiger partial charge in [-0.25, -0.2) is 0 Å². The highest BCUT2D eigenvalue weighted by Gasteiger charge is 2.29. The van der Waals surface area contributed by atoms with Crippen molar-refractivity contribution in [1.82, 2.24) is 15.2 Å². The number of carboxylic acid groups (broad SMARTS) is 1. The Bertz CT molecular complexity index is 887. The summed E-state index contributed by atoms with van der Waals surface area (Å²) in [6, 6.07) is 13.4. The van der Waals surface area contributed by atoms with E-state index < -0.39 is 11.4 Å². The van der Waals surface area contributed by atoms with Gasteiger partial charge in [0.25, 0.3) is 0 Å². The van der Waals surface area contributed by atoms with Crippen LogP contribution in [0.1, 0.15) is 31.4 Å². The van der Waals surface area contributed by atoms with Gasteiger partial charge in [0.05, 0.1) is 29.6 Å². The second kappa shape index (κ2) is 8.03. The lowest BCUT2D eigenvalue weighted by Crippen LogP contribution is -2.28. The van der Waals surface area contributed by atoms with Gasteiger partial charge in [0.1, 0.15) is 5.75 Å². The normalized spacial score (nSPS) is 11.3. The van der Waals surface area contributed by atoms with E-state index in [2.05, 4.69) is 15.2 Å². The van der Waals surface area contributed by atoms with Gasteiger partial charge < -0.3 is 9.84 Å². The zero-order chi connectivity index (χ0) is 19.3. The number of nitrogens with one attached hydrogen (secondary N) is 1. The monoisotopic (exact) mass is 365 g/mol. The minimum Gasteiger partial charge on any atom is -0.492 e. The summed E-state index contributed by atoms with van der Waals surface area (Å²) in [6.07, 6.45) is 5.04. The average Bonchev–Trinajstić information content (AvgIpc) is 3.20. The van der Waals surface area contributed by atoms with Crippen molar-refractivity contribution in [1.29, 1.82) is 0 Å². The molecule has 0 atom stereocenters. The van der Waals surface area contributed by atoms with Crippen molar-refractivity contribution in [2.75, 3.05) is 6.61 Å². The number of carboxylic acids is 1. The first-order valence-electron chi connectivity index (χ1n) is 8.88. The van der Waals surface area contributed by atoms with Crippen molar-refractivity contribution < 1.29 is 14.6 Å². The fraction of sp³-hybridized carbons (Fsp3) is 0.286. The van der Waals surface area contributed by atoms with E-state index >= 15 is 0 Å². The Morgan fingerprint density at radius 3 is 2.74 bits per heavy atom. The van der Waals surface area contributed by atoms with Crippen LogP contribution in [0.3, 0.4) is 0 Å². The number of nitrogens with zero attached hydrogens (tertiary/aromatic N) is 2. The molecule has 6 heteroatoms. The summed E-state index contributed by atoms with van der Waals surface area (Å²) in [5, 5.41) is 16.2. The van der Waals surface area contributed by atoms with Gasteiger partial charge in [0.15, 0.2) is 0 Å². The number of H-pyrrole nitrogens is 1. The summed E-state index contributed by atoms with van der Waals surface area (Å²) >= 11 is 0. The maximum Gasteiger partial charge on any atom is 0.313 e. The number of benzene rings is 1. The largest absolute Gasteiger partial charge is 0.492 e. The lowest BCUT2D eigenvalue weighted by atomic mass is 9.84. The van der Waals surface area contributed by atoms with E-state index in [1.165, 1.54) is 0 Å². The molecule has 0 aliphatic heterocycles. The molecule has 2 aromatic heterocycles. The van der Waals surface area contributed by atoms with Crippen LogP contribution in [0.15, 0.2) is 54.9 Å². The molecule has 0 radical (unpaired) electrons. The molecule has 0 aliphatic rings. The maximum atomic E-state index is 11.4. The molecular formula is C21H23N3O3. The number of aromatic nitrogens is 3. The molecular weight excluding hydrogens is 342 g/mol. The Labute approximate surface area is 158 Å². The standard InChI is InChI=1S/C21H23N3O3/c1-21(2,20(25)26)16-7-3-5-15(13-16)6-4-12-27-17-8-9-18(22-14-17)19-10-11-23-24-19/h3,5,7-11,13-14H,4,6,12H2,1-2H3,(H,23,24)(H,25,26). The molecule has 0 saturated heterocycles. The van der Waals surface area contributed by atoms with Gasteiger partial charge in [0.2, 0.25) is 0 Å².